The molecule has 2 atom stereocenters. The molecular formula is C17H26N2O5S. The summed E-state index contributed by atoms with van der Waals surface area (Å²) in [4.78, 5) is 12.4. The fourth-order valence-electron chi connectivity index (χ4n) is 2.49. The van der Waals surface area contributed by atoms with E-state index in [4.69, 9.17) is 9.47 Å². The van der Waals surface area contributed by atoms with E-state index in [0.29, 0.717) is 6.61 Å². The van der Waals surface area contributed by atoms with Crippen LogP contribution in [0.5, 0.6) is 0 Å². The summed E-state index contributed by atoms with van der Waals surface area (Å²) in [6.45, 7) is 2.72. The highest BCUT2D eigenvalue weighted by Crippen LogP contribution is 2.23. The van der Waals surface area contributed by atoms with E-state index in [1.807, 2.05) is 0 Å². The average molecular weight is 370 g/mol. The van der Waals surface area contributed by atoms with Gasteiger partial charge >= 0.3 is 0 Å². The van der Waals surface area contributed by atoms with Gasteiger partial charge in [-0.1, -0.05) is 12.1 Å². The molecule has 1 fully saturated rings. The highest BCUT2D eigenvalue weighted by atomic mass is 32.2. The van der Waals surface area contributed by atoms with Gasteiger partial charge in [-0.3, -0.25) is 4.79 Å². The van der Waals surface area contributed by atoms with Gasteiger partial charge in [0.05, 0.1) is 18.4 Å². The molecule has 1 saturated heterocycles. The Balaban J connectivity index is 2.00. The van der Waals surface area contributed by atoms with Crippen molar-refractivity contribution in [1.82, 2.24) is 4.31 Å². The summed E-state index contributed by atoms with van der Waals surface area (Å²) in [6.07, 6.45) is 2.40. The maximum atomic E-state index is 12.4. The first-order chi connectivity index (χ1) is 11.8. The molecule has 1 aromatic carbocycles. The summed E-state index contributed by atoms with van der Waals surface area (Å²) in [5, 5.41) is 2.65. The molecule has 1 aromatic rings. The number of nitrogens with zero attached hydrogens (tertiary/aromatic N) is 1. The lowest BCUT2D eigenvalue weighted by atomic mass is 10.1. The van der Waals surface area contributed by atoms with Crippen molar-refractivity contribution in [2.45, 2.75) is 43.3 Å². The number of hydrogen-bond acceptors (Lipinski definition) is 5. The number of rotatable bonds is 7. The Morgan fingerprint density at radius 1 is 1.36 bits per heavy atom. The molecule has 0 saturated carbocycles. The first-order valence-electron chi connectivity index (χ1n) is 8.38. The fraction of sp³-hybridized carbons (Fsp3) is 0.588. The molecule has 0 aliphatic carbocycles. The van der Waals surface area contributed by atoms with Gasteiger partial charge in [-0.05, 0) is 38.3 Å². The van der Waals surface area contributed by atoms with Crippen molar-refractivity contribution < 1.29 is 22.7 Å². The van der Waals surface area contributed by atoms with E-state index in [1.54, 1.807) is 25.1 Å². The van der Waals surface area contributed by atoms with Crippen molar-refractivity contribution in [1.29, 1.82) is 0 Å². The summed E-state index contributed by atoms with van der Waals surface area (Å²) >= 11 is 0. The van der Waals surface area contributed by atoms with Crippen molar-refractivity contribution in [2.75, 3.05) is 32.6 Å². The number of sulfonamides is 1. The van der Waals surface area contributed by atoms with Gasteiger partial charge in [0.2, 0.25) is 10.0 Å². The molecule has 7 nitrogen and oxygen atoms in total. The molecule has 0 radical (unpaired) electrons. The lowest BCUT2D eigenvalue weighted by molar-refractivity contribution is -0.130. The largest absolute Gasteiger partial charge is 0.376 e. The van der Waals surface area contributed by atoms with Gasteiger partial charge < -0.3 is 14.8 Å². The second kappa shape index (κ2) is 8.75. The van der Waals surface area contributed by atoms with E-state index >= 15 is 0 Å². The Morgan fingerprint density at radius 3 is 2.72 bits per heavy atom. The Morgan fingerprint density at radius 2 is 2.08 bits per heavy atom. The molecule has 140 valence electrons. The first kappa shape index (κ1) is 19.8. The molecule has 1 amide bonds. The van der Waals surface area contributed by atoms with Crippen LogP contribution in [0.1, 0.15) is 26.2 Å². The molecular weight excluding hydrogens is 344 g/mol. The van der Waals surface area contributed by atoms with Gasteiger partial charge in [0.15, 0.2) is 0 Å². The standard InChI is InChI=1S/C17H26N2O5S/c1-13(24-12-14-8-6-7-11-23-14)17(20)18-15-9-4-5-10-16(15)25(21,22)19(2)3/h4-5,9-10,13-14H,6-8,11-12H2,1-3H3,(H,18,20). The maximum absolute atomic E-state index is 12.4. The topological polar surface area (TPSA) is 84.9 Å². The number of carbonyl (C=O) groups is 1. The van der Waals surface area contributed by atoms with Crippen molar-refractivity contribution in [3.63, 3.8) is 0 Å². The van der Waals surface area contributed by atoms with E-state index in [1.165, 1.54) is 20.2 Å². The third-order valence-electron chi connectivity index (χ3n) is 4.08. The minimum absolute atomic E-state index is 0.0189. The third-order valence-corrected chi connectivity index (χ3v) is 5.95. The van der Waals surface area contributed by atoms with Crippen molar-refractivity contribution in [3.8, 4) is 0 Å². The molecule has 1 aliphatic heterocycles. The summed E-state index contributed by atoms with van der Waals surface area (Å²) in [5.74, 6) is -0.391. The number of carbonyl (C=O) groups excluding carboxylic acids is 1. The van der Waals surface area contributed by atoms with E-state index in [-0.39, 0.29) is 16.7 Å². The molecule has 2 rings (SSSR count). The molecule has 25 heavy (non-hydrogen) atoms. The monoisotopic (exact) mass is 370 g/mol. The number of anilines is 1. The summed E-state index contributed by atoms with van der Waals surface area (Å²) in [5.41, 5.74) is 0.241. The Kier molecular flexibility index (Phi) is 6.95. The molecule has 8 heteroatoms. The van der Waals surface area contributed by atoms with Crippen LogP contribution in [0.15, 0.2) is 29.2 Å². The highest BCUT2D eigenvalue weighted by Gasteiger charge is 2.24. The minimum atomic E-state index is -3.65. The summed E-state index contributed by atoms with van der Waals surface area (Å²) in [7, 11) is -0.754. The lowest BCUT2D eigenvalue weighted by Gasteiger charge is -2.24. The van der Waals surface area contributed by atoms with Gasteiger partial charge in [-0.15, -0.1) is 0 Å². The van der Waals surface area contributed by atoms with Crippen LogP contribution in [0.4, 0.5) is 5.69 Å². The van der Waals surface area contributed by atoms with Crippen molar-refractivity contribution in [3.05, 3.63) is 24.3 Å². The van der Waals surface area contributed by atoms with Crippen LogP contribution in [-0.2, 0) is 24.3 Å². The number of amides is 1. The van der Waals surface area contributed by atoms with Crippen LogP contribution in [0.3, 0.4) is 0 Å². The summed E-state index contributed by atoms with van der Waals surface area (Å²) < 4.78 is 37.0. The van der Waals surface area contributed by atoms with Crippen LogP contribution in [0, 0.1) is 0 Å². The Bertz CT molecular complexity index is 684. The highest BCUT2D eigenvalue weighted by molar-refractivity contribution is 7.89. The van der Waals surface area contributed by atoms with E-state index in [0.717, 1.165) is 30.2 Å². The molecule has 1 aliphatic rings. The van der Waals surface area contributed by atoms with Crippen molar-refractivity contribution >= 4 is 21.6 Å². The predicted octanol–water partition coefficient (Wildman–Crippen LogP) is 1.85. The van der Waals surface area contributed by atoms with Gasteiger partial charge in [0.1, 0.15) is 11.0 Å². The molecule has 1 N–H and O–H groups in total. The number of para-hydroxylation sites is 1. The molecule has 0 aromatic heterocycles. The van der Waals surface area contributed by atoms with Crippen LogP contribution in [0.2, 0.25) is 0 Å². The van der Waals surface area contributed by atoms with Crippen LogP contribution >= 0.6 is 0 Å². The van der Waals surface area contributed by atoms with E-state index in [2.05, 4.69) is 5.32 Å². The zero-order valence-electron chi connectivity index (χ0n) is 14.9. The smallest absolute Gasteiger partial charge is 0.253 e. The molecule has 1 heterocycles. The van der Waals surface area contributed by atoms with Crippen LogP contribution in [-0.4, -0.2) is 58.1 Å². The SMILES string of the molecule is CC(OCC1CCCCO1)C(=O)Nc1ccccc1S(=O)(=O)N(C)C. The van der Waals surface area contributed by atoms with Gasteiger partial charge in [0, 0.05) is 20.7 Å². The molecule has 0 spiro atoms. The molecule has 2 unspecified atom stereocenters. The third kappa shape index (κ3) is 5.24. The zero-order valence-corrected chi connectivity index (χ0v) is 15.7. The number of ether oxygens (including phenoxy) is 2. The number of benzene rings is 1. The first-order valence-corrected chi connectivity index (χ1v) is 9.82. The predicted molar refractivity (Wildman–Crippen MR) is 94.9 cm³/mol. The Labute approximate surface area is 149 Å². The zero-order chi connectivity index (χ0) is 18.4. The molecule has 0 bridgehead atoms. The van der Waals surface area contributed by atoms with E-state index in [9.17, 15) is 13.2 Å². The lowest BCUT2D eigenvalue weighted by Crippen LogP contribution is -2.33. The second-order valence-electron chi connectivity index (χ2n) is 6.24. The van der Waals surface area contributed by atoms with Gasteiger partial charge in [0.25, 0.3) is 5.91 Å². The second-order valence-corrected chi connectivity index (χ2v) is 8.36. The van der Waals surface area contributed by atoms with Gasteiger partial charge in [-0.25, -0.2) is 12.7 Å². The van der Waals surface area contributed by atoms with E-state index < -0.39 is 22.0 Å². The van der Waals surface area contributed by atoms with Crippen LogP contribution < -0.4 is 5.32 Å². The number of hydrogen-bond donors (Lipinski definition) is 1. The Hall–Kier alpha value is -1.48. The minimum Gasteiger partial charge on any atom is -0.376 e. The maximum Gasteiger partial charge on any atom is 0.253 e. The fourth-order valence-corrected chi connectivity index (χ4v) is 3.53. The van der Waals surface area contributed by atoms with Gasteiger partial charge in [-0.2, -0.15) is 0 Å². The van der Waals surface area contributed by atoms with Crippen molar-refractivity contribution in [2.24, 2.45) is 0 Å². The van der Waals surface area contributed by atoms with Crippen LogP contribution in [0.25, 0.3) is 0 Å². The average Bonchev–Trinajstić information content (AvgIpc) is 2.60. The number of nitrogens with one attached hydrogen (secondary N) is 1. The quantitative estimate of drug-likeness (QED) is 0.792. The normalized spacial score (nSPS) is 19.6. The summed E-state index contributed by atoms with van der Waals surface area (Å²) in [6, 6.07) is 6.32.